The molecule has 0 unspecified atom stereocenters. The number of rotatable bonds is 5. The Balaban J connectivity index is 2.80. The lowest BCUT2D eigenvalue weighted by atomic mass is 9.98. The first-order valence-corrected chi connectivity index (χ1v) is 6.53. The molecule has 0 bridgehead atoms. The van der Waals surface area contributed by atoms with E-state index < -0.39 is 15.7 Å². The summed E-state index contributed by atoms with van der Waals surface area (Å²) in [6.45, 7) is 2.03. The predicted molar refractivity (Wildman–Crippen MR) is 58.8 cm³/mol. The average molecular weight is 234 g/mol. The lowest BCUT2D eigenvalue weighted by Gasteiger charge is -2.28. The zero-order valence-corrected chi connectivity index (χ0v) is 9.65. The first-order chi connectivity index (χ1) is 6.92. The summed E-state index contributed by atoms with van der Waals surface area (Å²) in [4.78, 5) is 0. The molecule has 0 radical (unpaired) electrons. The van der Waals surface area contributed by atoms with Crippen molar-refractivity contribution < 1.29 is 8.42 Å². The second-order valence-corrected chi connectivity index (χ2v) is 5.31. The van der Waals surface area contributed by atoms with Gasteiger partial charge >= 0.3 is 0 Å². The van der Waals surface area contributed by atoms with Crippen LogP contribution in [-0.2, 0) is 10.2 Å². The topological polar surface area (TPSA) is 108 Å². The highest BCUT2D eigenvalue weighted by atomic mass is 32.2. The van der Waals surface area contributed by atoms with Crippen LogP contribution in [0.25, 0.3) is 0 Å². The van der Waals surface area contributed by atoms with Gasteiger partial charge in [-0.2, -0.15) is 13.1 Å². The summed E-state index contributed by atoms with van der Waals surface area (Å²) < 4.78 is 27.9. The van der Waals surface area contributed by atoms with Crippen LogP contribution in [0.2, 0.25) is 0 Å². The van der Waals surface area contributed by atoms with Gasteiger partial charge in [0.15, 0.2) is 0 Å². The van der Waals surface area contributed by atoms with Crippen molar-refractivity contribution in [2.75, 3.05) is 6.54 Å². The van der Waals surface area contributed by atoms with E-state index in [1.807, 2.05) is 0 Å². The maximum Gasteiger partial charge on any atom is 0.277 e. The molecule has 88 valence electrons. The van der Waals surface area contributed by atoms with E-state index in [2.05, 4.69) is 9.44 Å². The van der Waals surface area contributed by atoms with Gasteiger partial charge in [-0.05, 0) is 12.8 Å². The van der Waals surface area contributed by atoms with Crippen LogP contribution in [0.5, 0.6) is 0 Å². The number of nitrogens with two attached hydrogens (primary N) is 1. The Labute approximate surface area is 90.3 Å². The maximum absolute atomic E-state index is 11.5. The average Bonchev–Trinajstić information content (AvgIpc) is 2.52. The quantitative estimate of drug-likeness (QED) is 0.386. The van der Waals surface area contributed by atoms with Gasteiger partial charge in [0.05, 0.1) is 5.54 Å². The molecule has 0 aromatic heterocycles. The Morgan fingerprint density at radius 3 is 2.40 bits per heavy atom. The molecule has 0 aromatic carbocycles. The lowest BCUT2D eigenvalue weighted by molar-refractivity contribution is 0.489. The Kier molecular flexibility index (Phi) is 3.69. The van der Waals surface area contributed by atoms with Crippen LogP contribution in [0.1, 0.15) is 32.6 Å². The minimum atomic E-state index is -3.54. The highest BCUT2D eigenvalue weighted by Crippen LogP contribution is 2.29. The molecule has 0 atom stereocenters. The molecule has 0 aliphatic heterocycles. The molecule has 7 heteroatoms. The first-order valence-electron chi connectivity index (χ1n) is 5.05. The fourth-order valence-corrected chi connectivity index (χ4v) is 3.17. The van der Waals surface area contributed by atoms with Crippen molar-refractivity contribution in [3.63, 3.8) is 0 Å². The fourth-order valence-electron chi connectivity index (χ4n) is 1.89. The molecule has 0 heterocycles. The summed E-state index contributed by atoms with van der Waals surface area (Å²) in [6, 6.07) is 0. The van der Waals surface area contributed by atoms with Crippen molar-refractivity contribution in [3.8, 4) is 0 Å². The van der Waals surface area contributed by atoms with Crippen LogP contribution >= 0.6 is 0 Å². The van der Waals surface area contributed by atoms with E-state index in [9.17, 15) is 8.42 Å². The predicted octanol–water partition coefficient (Wildman–Crippen LogP) is -0.321. The van der Waals surface area contributed by atoms with E-state index in [1.165, 1.54) is 0 Å². The third kappa shape index (κ3) is 2.90. The Morgan fingerprint density at radius 1 is 1.47 bits per heavy atom. The molecule has 0 spiro atoms. The van der Waals surface area contributed by atoms with Crippen LogP contribution in [0.15, 0.2) is 0 Å². The molecule has 1 rings (SSSR count). The van der Waals surface area contributed by atoms with Gasteiger partial charge in [0.25, 0.3) is 10.2 Å². The SMILES string of the molecule is CCNS(=O)(=O)NC1(C(=N)N)CCCC1. The number of hydrogen-bond donors (Lipinski definition) is 4. The summed E-state index contributed by atoms with van der Waals surface area (Å²) in [6.07, 6.45) is 3.00. The molecule has 5 N–H and O–H groups in total. The van der Waals surface area contributed by atoms with Gasteiger partial charge in [0.1, 0.15) is 5.84 Å². The van der Waals surface area contributed by atoms with Crippen LogP contribution in [0, 0.1) is 5.41 Å². The van der Waals surface area contributed by atoms with Gasteiger partial charge in [0.2, 0.25) is 0 Å². The first kappa shape index (κ1) is 12.4. The minimum Gasteiger partial charge on any atom is -0.386 e. The van der Waals surface area contributed by atoms with Gasteiger partial charge < -0.3 is 5.73 Å². The summed E-state index contributed by atoms with van der Waals surface area (Å²) in [5.41, 5.74) is 4.60. The molecule has 1 saturated carbocycles. The zero-order valence-electron chi connectivity index (χ0n) is 8.84. The third-order valence-electron chi connectivity index (χ3n) is 2.64. The molecule has 1 aliphatic carbocycles. The smallest absolute Gasteiger partial charge is 0.277 e. The molecule has 0 aromatic rings. The third-order valence-corrected chi connectivity index (χ3v) is 3.96. The normalized spacial score (nSPS) is 20.3. The molecular weight excluding hydrogens is 216 g/mol. The van der Waals surface area contributed by atoms with Gasteiger partial charge in [-0.25, -0.2) is 4.72 Å². The minimum absolute atomic E-state index is 0.0959. The summed E-state index contributed by atoms with van der Waals surface area (Å²) >= 11 is 0. The van der Waals surface area contributed by atoms with Gasteiger partial charge in [-0.15, -0.1) is 0 Å². The molecular formula is C8H18N4O2S. The summed E-state index contributed by atoms with van der Waals surface area (Å²) in [7, 11) is -3.54. The van der Waals surface area contributed by atoms with E-state index in [4.69, 9.17) is 11.1 Å². The van der Waals surface area contributed by atoms with Gasteiger partial charge in [0, 0.05) is 6.54 Å². The van der Waals surface area contributed by atoms with Crippen molar-refractivity contribution in [2.24, 2.45) is 5.73 Å². The summed E-state index contributed by atoms with van der Waals surface area (Å²) in [5, 5.41) is 7.47. The van der Waals surface area contributed by atoms with Crippen LogP contribution in [-0.4, -0.2) is 26.3 Å². The second-order valence-electron chi connectivity index (χ2n) is 3.81. The van der Waals surface area contributed by atoms with Crippen molar-refractivity contribution in [2.45, 2.75) is 38.1 Å². The van der Waals surface area contributed by atoms with Crippen LogP contribution in [0.3, 0.4) is 0 Å². The highest BCUT2D eigenvalue weighted by molar-refractivity contribution is 7.87. The number of nitrogens with one attached hydrogen (secondary N) is 3. The number of amidine groups is 1. The molecule has 1 fully saturated rings. The summed E-state index contributed by atoms with van der Waals surface area (Å²) in [5.74, 6) is -0.0959. The van der Waals surface area contributed by atoms with Crippen LogP contribution in [0.4, 0.5) is 0 Å². The largest absolute Gasteiger partial charge is 0.386 e. The molecule has 1 aliphatic rings. The second kappa shape index (κ2) is 4.46. The molecule has 6 nitrogen and oxygen atoms in total. The Hall–Kier alpha value is -0.660. The van der Waals surface area contributed by atoms with Crippen LogP contribution < -0.4 is 15.2 Å². The lowest BCUT2D eigenvalue weighted by Crippen LogP contribution is -2.57. The van der Waals surface area contributed by atoms with Crippen molar-refractivity contribution >= 4 is 16.0 Å². The zero-order chi connectivity index (χ0) is 11.5. The van der Waals surface area contributed by atoms with E-state index in [1.54, 1.807) is 6.92 Å². The van der Waals surface area contributed by atoms with Crippen molar-refractivity contribution in [1.82, 2.24) is 9.44 Å². The van der Waals surface area contributed by atoms with Crippen molar-refractivity contribution in [1.29, 1.82) is 5.41 Å². The fraction of sp³-hybridized carbons (Fsp3) is 0.875. The molecule has 0 saturated heterocycles. The Bertz CT molecular complexity index is 333. The maximum atomic E-state index is 11.5. The van der Waals surface area contributed by atoms with Crippen molar-refractivity contribution in [3.05, 3.63) is 0 Å². The van der Waals surface area contributed by atoms with E-state index in [-0.39, 0.29) is 5.84 Å². The standard InChI is InChI=1S/C8H18N4O2S/c1-2-11-15(13,14)12-8(7(9)10)5-3-4-6-8/h11-12H,2-6H2,1H3,(H3,9,10). The molecule has 15 heavy (non-hydrogen) atoms. The van der Waals surface area contributed by atoms with Gasteiger partial charge in [-0.3, -0.25) is 5.41 Å². The van der Waals surface area contributed by atoms with E-state index >= 15 is 0 Å². The monoisotopic (exact) mass is 234 g/mol. The Morgan fingerprint density at radius 2 is 2.00 bits per heavy atom. The highest BCUT2D eigenvalue weighted by Gasteiger charge is 2.40. The van der Waals surface area contributed by atoms with E-state index in [0.29, 0.717) is 19.4 Å². The van der Waals surface area contributed by atoms with Gasteiger partial charge in [-0.1, -0.05) is 19.8 Å². The van der Waals surface area contributed by atoms with E-state index in [0.717, 1.165) is 12.8 Å². The molecule has 0 amide bonds. The number of hydrogen-bond acceptors (Lipinski definition) is 3.